The van der Waals surface area contributed by atoms with Crippen LogP contribution < -0.4 is 0 Å². The van der Waals surface area contributed by atoms with E-state index in [9.17, 15) is 15.0 Å². The van der Waals surface area contributed by atoms with E-state index < -0.39 is 17.5 Å². The van der Waals surface area contributed by atoms with Gasteiger partial charge < -0.3 is 15.3 Å². The van der Waals surface area contributed by atoms with Gasteiger partial charge in [-0.25, -0.2) is 4.79 Å². The van der Waals surface area contributed by atoms with Crippen LogP contribution in [0.25, 0.3) is 0 Å². The Hall–Kier alpha value is -1.23. The molecule has 0 fully saturated rings. The molecular weight excluding hydrogens is 264 g/mol. The molecule has 0 spiro atoms. The lowest BCUT2D eigenvalue weighted by atomic mass is 10.0. The lowest BCUT2D eigenvalue weighted by molar-refractivity contribution is 0.0691. The maximum Gasteiger partial charge on any atom is 0.339 e. The molecule has 0 aliphatic carbocycles. The summed E-state index contributed by atoms with van der Waals surface area (Å²) in [4.78, 5) is 10.9. The number of carboxylic acid groups (broad SMARTS) is 1. The van der Waals surface area contributed by atoms with Crippen molar-refractivity contribution < 1.29 is 20.1 Å². The fourth-order valence-corrected chi connectivity index (χ4v) is 1.61. The van der Waals surface area contributed by atoms with Crippen molar-refractivity contribution >= 4 is 21.9 Å². The molecular formula is C10H11BrO4. The first-order valence-electron chi connectivity index (χ1n) is 4.41. The third kappa shape index (κ3) is 2.62. The lowest BCUT2D eigenvalue weighted by Gasteiger charge is -2.08. The maximum atomic E-state index is 10.9. The van der Waals surface area contributed by atoms with Crippen LogP contribution in [0.4, 0.5) is 0 Å². The Morgan fingerprint density at radius 3 is 2.53 bits per heavy atom. The number of benzene rings is 1. The van der Waals surface area contributed by atoms with Gasteiger partial charge in [-0.1, -0.05) is 22.0 Å². The molecule has 0 radical (unpaired) electrons. The molecule has 0 amide bonds. The van der Waals surface area contributed by atoms with Crippen LogP contribution in [0.5, 0.6) is 11.5 Å². The average molecular weight is 275 g/mol. The normalized spacial score (nSPS) is 10.2. The molecule has 5 heteroatoms. The number of hydrogen-bond acceptors (Lipinski definition) is 3. The topological polar surface area (TPSA) is 77.8 Å². The predicted molar refractivity (Wildman–Crippen MR) is 58.8 cm³/mol. The van der Waals surface area contributed by atoms with E-state index in [1.807, 2.05) is 0 Å². The maximum absolute atomic E-state index is 10.9. The minimum Gasteiger partial charge on any atom is -0.504 e. The molecule has 1 aromatic carbocycles. The fraction of sp³-hybridized carbons (Fsp3) is 0.300. The van der Waals surface area contributed by atoms with E-state index in [4.69, 9.17) is 5.11 Å². The molecule has 3 N–H and O–H groups in total. The second-order valence-electron chi connectivity index (χ2n) is 3.07. The minimum atomic E-state index is -1.23. The van der Waals surface area contributed by atoms with Gasteiger partial charge in [0.2, 0.25) is 0 Å². The van der Waals surface area contributed by atoms with Gasteiger partial charge in [0.25, 0.3) is 0 Å². The zero-order chi connectivity index (χ0) is 11.4. The molecule has 0 saturated heterocycles. The van der Waals surface area contributed by atoms with Gasteiger partial charge in [0.15, 0.2) is 11.5 Å². The number of carboxylic acids is 1. The zero-order valence-corrected chi connectivity index (χ0v) is 9.49. The van der Waals surface area contributed by atoms with Gasteiger partial charge in [-0.3, -0.25) is 0 Å². The van der Waals surface area contributed by atoms with Crippen LogP contribution in [0.15, 0.2) is 12.1 Å². The molecule has 0 heterocycles. The van der Waals surface area contributed by atoms with Crippen LogP contribution in [0.2, 0.25) is 0 Å². The van der Waals surface area contributed by atoms with Crippen molar-refractivity contribution in [1.82, 2.24) is 0 Å². The molecule has 1 aromatic rings. The first kappa shape index (κ1) is 11.8. The molecule has 4 nitrogen and oxygen atoms in total. The van der Waals surface area contributed by atoms with Crippen LogP contribution in [0.3, 0.4) is 0 Å². The van der Waals surface area contributed by atoms with E-state index in [1.54, 1.807) is 0 Å². The molecule has 0 aromatic heterocycles. The number of alkyl halides is 1. The van der Waals surface area contributed by atoms with Crippen molar-refractivity contribution in [3.05, 3.63) is 23.3 Å². The van der Waals surface area contributed by atoms with Crippen LogP contribution in [-0.4, -0.2) is 26.6 Å². The molecule has 1 rings (SSSR count). The number of carbonyl (C=O) groups is 1. The summed E-state index contributed by atoms with van der Waals surface area (Å²) in [5.41, 5.74) is 0.313. The summed E-state index contributed by atoms with van der Waals surface area (Å²) in [6.07, 6.45) is 1.31. The van der Waals surface area contributed by atoms with E-state index in [0.29, 0.717) is 12.0 Å². The minimum absolute atomic E-state index is 0.212. The smallest absolute Gasteiger partial charge is 0.339 e. The zero-order valence-electron chi connectivity index (χ0n) is 7.90. The molecule has 82 valence electrons. The van der Waals surface area contributed by atoms with E-state index in [1.165, 1.54) is 12.1 Å². The third-order valence-electron chi connectivity index (χ3n) is 2.04. The van der Waals surface area contributed by atoms with Gasteiger partial charge >= 0.3 is 5.97 Å². The average Bonchev–Trinajstić information content (AvgIpc) is 2.19. The van der Waals surface area contributed by atoms with E-state index in [2.05, 4.69) is 15.9 Å². The van der Waals surface area contributed by atoms with Crippen molar-refractivity contribution in [2.75, 3.05) is 5.33 Å². The summed E-state index contributed by atoms with van der Waals surface area (Å²) in [5.74, 6) is -2.20. The Bertz CT molecular complexity index is 376. The highest BCUT2D eigenvalue weighted by Crippen LogP contribution is 2.31. The third-order valence-corrected chi connectivity index (χ3v) is 2.60. The molecule has 0 atom stereocenters. The summed E-state index contributed by atoms with van der Waals surface area (Å²) < 4.78 is 0. The predicted octanol–water partition coefficient (Wildman–Crippen LogP) is 2.12. The van der Waals surface area contributed by atoms with E-state index in [-0.39, 0.29) is 5.56 Å². The summed E-state index contributed by atoms with van der Waals surface area (Å²) in [5, 5.41) is 28.2. The highest BCUT2D eigenvalue weighted by Gasteiger charge is 2.17. The standard InChI is InChI=1S/C10H11BrO4/c11-5-1-2-6-3-4-7(12)9(13)8(6)10(14)15/h3-4,12-13H,1-2,5H2,(H,14,15). The first-order valence-corrected chi connectivity index (χ1v) is 5.53. The quantitative estimate of drug-likeness (QED) is 0.581. The first-order chi connectivity index (χ1) is 7.07. The SMILES string of the molecule is O=C(O)c1c(CCCBr)ccc(O)c1O. The lowest BCUT2D eigenvalue weighted by Crippen LogP contribution is -2.03. The summed E-state index contributed by atoms with van der Waals surface area (Å²) in [6.45, 7) is 0. The van der Waals surface area contributed by atoms with E-state index in [0.717, 1.165) is 11.8 Å². The molecule has 0 saturated carbocycles. The number of aromatic carboxylic acids is 1. The van der Waals surface area contributed by atoms with Crippen molar-refractivity contribution in [1.29, 1.82) is 0 Å². The number of aromatic hydroxyl groups is 2. The Morgan fingerprint density at radius 1 is 1.33 bits per heavy atom. The number of rotatable bonds is 4. The van der Waals surface area contributed by atoms with Gasteiger partial charge in [0.05, 0.1) is 0 Å². The van der Waals surface area contributed by atoms with Gasteiger partial charge in [-0.2, -0.15) is 0 Å². The van der Waals surface area contributed by atoms with Crippen molar-refractivity contribution in [2.45, 2.75) is 12.8 Å². The number of aryl methyl sites for hydroxylation is 1. The second kappa shape index (κ2) is 5.02. The molecule has 0 bridgehead atoms. The molecule has 15 heavy (non-hydrogen) atoms. The molecule has 0 aliphatic rings. The summed E-state index contributed by atoms with van der Waals surface area (Å²) in [7, 11) is 0. The van der Waals surface area contributed by atoms with Gasteiger partial charge in [-0.15, -0.1) is 0 Å². The van der Waals surface area contributed by atoms with Crippen molar-refractivity contribution in [2.24, 2.45) is 0 Å². The fourth-order valence-electron chi connectivity index (χ4n) is 1.33. The Kier molecular flexibility index (Phi) is 3.96. The Balaban J connectivity index is 3.15. The molecule has 0 unspecified atom stereocenters. The summed E-state index contributed by atoms with van der Waals surface area (Å²) >= 11 is 3.24. The van der Waals surface area contributed by atoms with Crippen LogP contribution in [-0.2, 0) is 6.42 Å². The number of phenolic OH excluding ortho intramolecular Hbond substituents is 1. The number of phenols is 2. The van der Waals surface area contributed by atoms with Gasteiger partial charge in [0.1, 0.15) is 5.56 Å². The van der Waals surface area contributed by atoms with Crippen molar-refractivity contribution in [3.8, 4) is 11.5 Å². The van der Waals surface area contributed by atoms with Crippen molar-refractivity contribution in [3.63, 3.8) is 0 Å². The van der Waals surface area contributed by atoms with Crippen LogP contribution in [0, 0.1) is 0 Å². The van der Waals surface area contributed by atoms with E-state index >= 15 is 0 Å². The highest BCUT2D eigenvalue weighted by molar-refractivity contribution is 9.09. The Labute approximate surface area is 95.3 Å². The summed E-state index contributed by atoms with van der Waals surface area (Å²) in [6, 6.07) is 2.81. The monoisotopic (exact) mass is 274 g/mol. The highest BCUT2D eigenvalue weighted by atomic mass is 79.9. The van der Waals surface area contributed by atoms with Gasteiger partial charge in [0, 0.05) is 5.33 Å². The number of halogens is 1. The Morgan fingerprint density at radius 2 is 2.00 bits per heavy atom. The second-order valence-corrected chi connectivity index (χ2v) is 3.86. The molecule has 0 aliphatic heterocycles. The van der Waals surface area contributed by atoms with Crippen LogP contribution >= 0.6 is 15.9 Å². The van der Waals surface area contributed by atoms with Crippen LogP contribution in [0.1, 0.15) is 22.3 Å². The van der Waals surface area contributed by atoms with Gasteiger partial charge in [-0.05, 0) is 24.5 Å². The number of hydrogen-bond donors (Lipinski definition) is 3. The largest absolute Gasteiger partial charge is 0.504 e.